The number of hydrogen-bond donors (Lipinski definition) is 2. The molecule has 41 heavy (non-hydrogen) atoms. The number of aromatic amines is 1. The first kappa shape index (κ1) is 29.6. The van der Waals surface area contributed by atoms with Crippen LogP contribution >= 0.6 is 0 Å². The summed E-state index contributed by atoms with van der Waals surface area (Å²) >= 11 is 0. The van der Waals surface area contributed by atoms with Gasteiger partial charge in [-0.3, -0.25) is 9.69 Å². The number of carbonyl (C=O) groups excluding carboxylic acids is 1. The molecule has 0 aliphatic carbocycles. The average Bonchev–Trinajstić information content (AvgIpc) is 3.43. The number of fused-ring (bicyclic) bond motifs is 5. The van der Waals surface area contributed by atoms with E-state index in [0.29, 0.717) is 5.56 Å². The molecule has 8 nitrogen and oxygen atoms in total. The fourth-order valence-electron chi connectivity index (χ4n) is 6.52. The Bertz CT molecular complexity index is 1480. The maximum atomic E-state index is 12.8. The van der Waals surface area contributed by atoms with Gasteiger partial charge in [0.25, 0.3) is 5.91 Å². The molecule has 0 spiro atoms. The van der Waals surface area contributed by atoms with Gasteiger partial charge in [-0.2, -0.15) is 0 Å². The van der Waals surface area contributed by atoms with Crippen LogP contribution in [0.1, 0.15) is 90.0 Å². The van der Waals surface area contributed by atoms with Crippen molar-refractivity contribution >= 4 is 26.8 Å². The first-order valence-corrected chi connectivity index (χ1v) is 16.8. The number of likely N-dealkylation sites (tertiary alicyclic amines) is 1. The molecule has 1 saturated heterocycles. The van der Waals surface area contributed by atoms with E-state index in [9.17, 15) is 13.2 Å². The number of ether oxygens (including phenoxy) is 2. The van der Waals surface area contributed by atoms with Crippen LogP contribution < -0.4 is 9.46 Å². The minimum atomic E-state index is -3.65. The highest BCUT2D eigenvalue weighted by atomic mass is 32.2. The summed E-state index contributed by atoms with van der Waals surface area (Å²) in [5.74, 6) is 0.303. The maximum absolute atomic E-state index is 12.8. The molecule has 2 aliphatic heterocycles. The minimum Gasteiger partial charge on any atom is -0.496 e. The minimum absolute atomic E-state index is 0.0960. The van der Waals surface area contributed by atoms with E-state index in [-0.39, 0.29) is 12.1 Å². The van der Waals surface area contributed by atoms with Gasteiger partial charge < -0.3 is 14.5 Å². The Kier molecular flexibility index (Phi) is 9.36. The first-order valence-electron chi connectivity index (χ1n) is 14.9. The number of rotatable bonds is 5. The van der Waals surface area contributed by atoms with Gasteiger partial charge in [0.05, 0.1) is 19.5 Å². The Morgan fingerprint density at radius 1 is 1.12 bits per heavy atom. The summed E-state index contributed by atoms with van der Waals surface area (Å²) in [5, 5.41) is 1.18. The fourth-order valence-corrected chi connectivity index (χ4v) is 6.98. The van der Waals surface area contributed by atoms with E-state index in [1.165, 1.54) is 35.8 Å². The number of benzene rings is 2. The van der Waals surface area contributed by atoms with E-state index < -0.39 is 15.9 Å². The van der Waals surface area contributed by atoms with Crippen LogP contribution in [0.5, 0.6) is 5.75 Å². The normalized spacial score (nSPS) is 21.1. The molecule has 3 aromatic rings. The molecule has 1 fully saturated rings. The first-order chi connectivity index (χ1) is 19.7. The number of hydrogen-bond acceptors (Lipinski definition) is 6. The molecule has 2 aliphatic rings. The Morgan fingerprint density at radius 2 is 1.90 bits per heavy atom. The lowest BCUT2D eigenvalue weighted by Gasteiger charge is -2.41. The number of aromatic nitrogens is 1. The van der Waals surface area contributed by atoms with E-state index in [1.807, 2.05) is 18.3 Å². The molecule has 5 rings (SSSR count). The molecule has 2 N–H and O–H groups in total. The van der Waals surface area contributed by atoms with Crippen LogP contribution in [-0.4, -0.2) is 56.8 Å². The zero-order chi connectivity index (χ0) is 29.0. The lowest BCUT2D eigenvalue weighted by Crippen LogP contribution is -2.40. The van der Waals surface area contributed by atoms with Crippen molar-refractivity contribution in [2.75, 3.05) is 26.5 Å². The van der Waals surface area contributed by atoms with Gasteiger partial charge in [0.1, 0.15) is 5.75 Å². The van der Waals surface area contributed by atoms with Crippen molar-refractivity contribution in [3.8, 4) is 5.75 Å². The molecule has 0 radical (unpaired) electrons. The Balaban J connectivity index is 1.53. The van der Waals surface area contributed by atoms with Crippen molar-refractivity contribution in [2.45, 2.75) is 83.4 Å². The van der Waals surface area contributed by atoms with Gasteiger partial charge in [0, 0.05) is 54.0 Å². The summed E-state index contributed by atoms with van der Waals surface area (Å²) in [6.07, 6.45) is 12.7. The number of carbonyl (C=O) groups is 1. The van der Waals surface area contributed by atoms with Gasteiger partial charge in [-0.25, -0.2) is 13.1 Å². The molecular weight excluding hydrogens is 538 g/mol. The van der Waals surface area contributed by atoms with Crippen molar-refractivity contribution in [3.05, 3.63) is 64.3 Å². The lowest BCUT2D eigenvalue weighted by atomic mass is 9.87. The van der Waals surface area contributed by atoms with E-state index in [0.717, 1.165) is 86.9 Å². The summed E-state index contributed by atoms with van der Waals surface area (Å²) in [6, 6.07) is 10.0. The monoisotopic (exact) mass is 581 g/mol. The Morgan fingerprint density at radius 3 is 2.68 bits per heavy atom. The zero-order valence-electron chi connectivity index (χ0n) is 24.5. The SMILES string of the molecule is COc1cc(C)c2[nH]ccc2c1CN1CC[C@H]2C[C@H]1c1ccc(C(=O)NS(C)(=O)=O)cc1CCCCCCCCO2. The number of H-pyrrole nitrogens is 1. The van der Waals surface area contributed by atoms with Crippen molar-refractivity contribution in [3.63, 3.8) is 0 Å². The number of amides is 1. The van der Waals surface area contributed by atoms with Gasteiger partial charge in [0.2, 0.25) is 10.0 Å². The molecule has 3 heterocycles. The predicted octanol–water partition coefficient (Wildman–Crippen LogP) is 5.79. The Hall–Kier alpha value is -2.88. The van der Waals surface area contributed by atoms with E-state index >= 15 is 0 Å². The third kappa shape index (κ3) is 7.13. The highest BCUT2D eigenvalue weighted by Crippen LogP contribution is 2.39. The average molecular weight is 582 g/mol. The summed E-state index contributed by atoms with van der Waals surface area (Å²) in [4.78, 5) is 18.7. The molecule has 0 unspecified atom stereocenters. The molecule has 2 atom stereocenters. The van der Waals surface area contributed by atoms with Crippen LogP contribution in [0.3, 0.4) is 0 Å². The molecule has 9 heteroatoms. The largest absolute Gasteiger partial charge is 0.496 e. The molecular formula is C32H43N3O5S. The third-order valence-electron chi connectivity index (χ3n) is 8.59. The van der Waals surface area contributed by atoms with E-state index in [1.54, 1.807) is 13.2 Å². The van der Waals surface area contributed by atoms with Gasteiger partial charge >= 0.3 is 0 Å². The number of nitrogens with zero attached hydrogens (tertiary/aromatic N) is 1. The third-order valence-corrected chi connectivity index (χ3v) is 9.15. The van der Waals surface area contributed by atoms with Crippen LogP contribution in [0.2, 0.25) is 0 Å². The van der Waals surface area contributed by atoms with E-state index in [4.69, 9.17) is 9.47 Å². The number of methoxy groups -OCH3 is 1. The van der Waals surface area contributed by atoms with Gasteiger partial charge in [-0.15, -0.1) is 0 Å². The molecule has 2 bridgehead atoms. The van der Waals surface area contributed by atoms with Gasteiger partial charge in [-0.05, 0) is 80.0 Å². The Labute approximate surface area is 243 Å². The predicted molar refractivity (Wildman–Crippen MR) is 162 cm³/mol. The highest BCUT2D eigenvalue weighted by molar-refractivity contribution is 7.89. The maximum Gasteiger partial charge on any atom is 0.264 e. The molecule has 2 aromatic carbocycles. The number of aryl methyl sites for hydroxylation is 2. The zero-order valence-corrected chi connectivity index (χ0v) is 25.3. The molecule has 0 saturated carbocycles. The van der Waals surface area contributed by atoms with Crippen molar-refractivity contribution < 1.29 is 22.7 Å². The number of nitrogens with one attached hydrogen (secondary N) is 2. The van der Waals surface area contributed by atoms with Crippen LogP contribution in [0.25, 0.3) is 10.9 Å². The van der Waals surface area contributed by atoms with Gasteiger partial charge in [0.15, 0.2) is 0 Å². The van der Waals surface area contributed by atoms with Gasteiger partial charge in [-0.1, -0.05) is 31.7 Å². The lowest BCUT2D eigenvalue weighted by molar-refractivity contribution is -0.0204. The highest BCUT2D eigenvalue weighted by Gasteiger charge is 2.33. The van der Waals surface area contributed by atoms with Crippen molar-refractivity contribution in [1.29, 1.82) is 0 Å². The van der Waals surface area contributed by atoms with Crippen LogP contribution in [0.15, 0.2) is 36.5 Å². The van der Waals surface area contributed by atoms with Crippen molar-refractivity contribution in [2.24, 2.45) is 0 Å². The molecule has 1 amide bonds. The summed E-state index contributed by atoms with van der Waals surface area (Å²) in [7, 11) is -1.92. The van der Waals surface area contributed by atoms with Crippen LogP contribution in [0, 0.1) is 6.92 Å². The topological polar surface area (TPSA) is 101 Å². The second-order valence-electron chi connectivity index (χ2n) is 11.6. The summed E-state index contributed by atoms with van der Waals surface area (Å²) in [6.45, 7) is 4.50. The smallest absolute Gasteiger partial charge is 0.264 e. The summed E-state index contributed by atoms with van der Waals surface area (Å²) in [5.41, 5.74) is 6.13. The standard InChI is InChI=1S/C32H43N3O5S/c1-22-18-30(39-2)28(27-13-15-33-31(22)27)21-35-16-14-25-20-29(35)26-12-11-24(32(36)34-41(3,37)38)19-23(26)10-8-6-4-5-7-9-17-40-25/h11-13,15,18-19,25,29,33H,4-10,14,16-17,20-21H2,1-3H3,(H,34,36)/t25-,29-/m0/s1. The second-order valence-corrected chi connectivity index (χ2v) is 13.4. The van der Waals surface area contributed by atoms with Crippen LogP contribution in [0.4, 0.5) is 0 Å². The fraction of sp³-hybridized carbons (Fsp3) is 0.531. The number of piperidine rings is 1. The summed E-state index contributed by atoms with van der Waals surface area (Å²) < 4.78 is 37.9. The molecule has 222 valence electrons. The second kappa shape index (κ2) is 13.0. The van der Waals surface area contributed by atoms with Crippen molar-refractivity contribution in [1.82, 2.24) is 14.6 Å². The van der Waals surface area contributed by atoms with Crippen LogP contribution in [-0.2, 0) is 27.7 Å². The quantitative estimate of drug-likeness (QED) is 0.395. The number of sulfonamides is 1. The van der Waals surface area contributed by atoms with E-state index in [2.05, 4.69) is 33.7 Å². The molecule has 1 aromatic heterocycles.